The van der Waals surface area contributed by atoms with E-state index in [1.807, 2.05) is 67.5 Å². The third-order valence-electron chi connectivity index (χ3n) is 5.17. The Morgan fingerprint density at radius 3 is 2.39 bits per heavy atom. The largest absolute Gasteiger partial charge is 0.481 e. The lowest BCUT2D eigenvalue weighted by Crippen LogP contribution is -2.35. The maximum Gasteiger partial charge on any atom is 0.306 e. The molecule has 0 radical (unpaired) electrons. The number of carboxylic acids is 1. The molecular formula is C22H27N3O3. The van der Waals surface area contributed by atoms with Gasteiger partial charge in [0.2, 0.25) is 0 Å². The van der Waals surface area contributed by atoms with E-state index in [0.717, 1.165) is 36.6 Å². The Hall–Kier alpha value is -2.86. The second-order valence-corrected chi connectivity index (χ2v) is 7.48. The van der Waals surface area contributed by atoms with Crippen molar-refractivity contribution in [1.82, 2.24) is 4.90 Å². The molecule has 0 aliphatic carbocycles. The molecule has 3 rings (SSSR count). The van der Waals surface area contributed by atoms with Crippen molar-refractivity contribution in [2.75, 3.05) is 37.4 Å². The first-order valence-corrected chi connectivity index (χ1v) is 9.55. The molecule has 28 heavy (non-hydrogen) atoms. The topological polar surface area (TPSA) is 72.9 Å². The van der Waals surface area contributed by atoms with Gasteiger partial charge in [-0.25, -0.2) is 0 Å². The smallest absolute Gasteiger partial charge is 0.306 e. The highest BCUT2D eigenvalue weighted by Crippen LogP contribution is 2.21. The predicted molar refractivity (Wildman–Crippen MR) is 111 cm³/mol. The predicted octanol–water partition coefficient (Wildman–Crippen LogP) is 3.30. The maximum atomic E-state index is 12.5. The summed E-state index contributed by atoms with van der Waals surface area (Å²) < 4.78 is 0. The summed E-state index contributed by atoms with van der Waals surface area (Å²) in [6.45, 7) is 2.32. The van der Waals surface area contributed by atoms with E-state index in [0.29, 0.717) is 18.4 Å². The van der Waals surface area contributed by atoms with E-state index in [4.69, 9.17) is 5.11 Å². The molecule has 1 fully saturated rings. The maximum absolute atomic E-state index is 12.5. The summed E-state index contributed by atoms with van der Waals surface area (Å²) in [7, 11) is 3.93. The lowest BCUT2D eigenvalue weighted by molar-refractivity contribution is -0.143. The highest BCUT2D eigenvalue weighted by Gasteiger charge is 2.24. The Morgan fingerprint density at radius 1 is 1.11 bits per heavy atom. The SMILES string of the molecule is CN(C)c1ccc(C(=O)Nc2cccc(CN3CCC(C(=O)O)CC3)c2)cc1. The number of benzene rings is 2. The van der Waals surface area contributed by atoms with Crippen molar-refractivity contribution in [3.63, 3.8) is 0 Å². The van der Waals surface area contributed by atoms with Crippen LogP contribution >= 0.6 is 0 Å². The fourth-order valence-corrected chi connectivity index (χ4v) is 3.46. The van der Waals surface area contributed by atoms with Gasteiger partial charge in [-0.2, -0.15) is 0 Å². The minimum atomic E-state index is -0.692. The van der Waals surface area contributed by atoms with Crippen molar-refractivity contribution in [2.24, 2.45) is 5.92 Å². The number of nitrogens with zero attached hydrogens (tertiary/aromatic N) is 2. The van der Waals surface area contributed by atoms with Crippen molar-refractivity contribution in [3.05, 3.63) is 59.7 Å². The Bertz CT molecular complexity index is 825. The zero-order valence-electron chi connectivity index (χ0n) is 16.4. The fourth-order valence-electron chi connectivity index (χ4n) is 3.46. The van der Waals surface area contributed by atoms with Crippen LogP contribution in [0.25, 0.3) is 0 Å². The Balaban J connectivity index is 1.58. The summed E-state index contributed by atoms with van der Waals surface area (Å²) in [6.07, 6.45) is 1.38. The summed E-state index contributed by atoms with van der Waals surface area (Å²) in [4.78, 5) is 27.8. The standard InChI is InChI=1S/C22H27N3O3/c1-24(2)20-8-6-17(7-9-20)21(26)23-19-5-3-4-16(14-19)15-25-12-10-18(11-13-25)22(27)28/h3-9,14,18H,10-13,15H2,1-2H3,(H,23,26)(H,27,28). The van der Waals surface area contributed by atoms with Gasteiger partial charge < -0.3 is 15.3 Å². The van der Waals surface area contributed by atoms with Crippen LogP contribution in [-0.4, -0.2) is 49.1 Å². The number of hydrogen-bond acceptors (Lipinski definition) is 4. The molecule has 1 heterocycles. The molecule has 0 atom stereocenters. The van der Waals surface area contributed by atoms with Crippen molar-refractivity contribution in [2.45, 2.75) is 19.4 Å². The molecule has 1 aliphatic rings. The van der Waals surface area contributed by atoms with E-state index < -0.39 is 5.97 Å². The molecule has 0 saturated carbocycles. The van der Waals surface area contributed by atoms with Gasteiger partial charge in [-0.15, -0.1) is 0 Å². The molecule has 0 unspecified atom stereocenters. The van der Waals surface area contributed by atoms with Crippen LogP contribution in [0.4, 0.5) is 11.4 Å². The quantitative estimate of drug-likeness (QED) is 0.803. The van der Waals surface area contributed by atoms with Crippen molar-refractivity contribution < 1.29 is 14.7 Å². The van der Waals surface area contributed by atoms with Gasteiger partial charge in [-0.1, -0.05) is 12.1 Å². The number of likely N-dealkylation sites (tertiary alicyclic amines) is 1. The highest BCUT2D eigenvalue weighted by molar-refractivity contribution is 6.04. The van der Waals surface area contributed by atoms with Crippen LogP contribution in [0.5, 0.6) is 0 Å². The zero-order valence-corrected chi connectivity index (χ0v) is 16.4. The molecule has 1 saturated heterocycles. The highest BCUT2D eigenvalue weighted by atomic mass is 16.4. The van der Waals surface area contributed by atoms with Crippen molar-refractivity contribution in [3.8, 4) is 0 Å². The summed E-state index contributed by atoms with van der Waals surface area (Å²) in [5.74, 6) is -1.05. The first kappa shape index (κ1) is 19.9. The monoisotopic (exact) mass is 381 g/mol. The second-order valence-electron chi connectivity index (χ2n) is 7.48. The molecule has 0 aromatic heterocycles. The van der Waals surface area contributed by atoms with E-state index in [2.05, 4.69) is 10.2 Å². The van der Waals surface area contributed by atoms with Gasteiger partial charge in [-0.05, 0) is 67.9 Å². The third kappa shape index (κ3) is 5.10. The molecule has 2 N–H and O–H groups in total. The van der Waals surface area contributed by atoms with Gasteiger partial charge in [0.15, 0.2) is 0 Å². The Morgan fingerprint density at radius 2 is 1.79 bits per heavy atom. The lowest BCUT2D eigenvalue weighted by Gasteiger charge is -2.30. The first-order valence-electron chi connectivity index (χ1n) is 9.55. The zero-order chi connectivity index (χ0) is 20.1. The summed E-state index contributed by atoms with van der Waals surface area (Å²) >= 11 is 0. The van der Waals surface area contributed by atoms with Gasteiger partial charge >= 0.3 is 5.97 Å². The Kier molecular flexibility index (Phi) is 6.31. The third-order valence-corrected chi connectivity index (χ3v) is 5.17. The normalized spacial score (nSPS) is 15.2. The number of aliphatic carboxylic acids is 1. The number of anilines is 2. The van der Waals surface area contributed by atoms with Gasteiger partial charge in [0.05, 0.1) is 5.92 Å². The van der Waals surface area contributed by atoms with Crippen LogP contribution in [0.1, 0.15) is 28.8 Å². The average molecular weight is 381 g/mol. The van der Waals surface area contributed by atoms with Crippen LogP contribution < -0.4 is 10.2 Å². The number of nitrogens with one attached hydrogen (secondary N) is 1. The van der Waals surface area contributed by atoms with Gasteiger partial charge in [0.25, 0.3) is 5.91 Å². The minimum Gasteiger partial charge on any atom is -0.481 e. The second kappa shape index (κ2) is 8.89. The number of piperidine rings is 1. The van der Waals surface area contributed by atoms with E-state index in [1.54, 1.807) is 0 Å². The fraction of sp³-hybridized carbons (Fsp3) is 0.364. The summed E-state index contributed by atoms with van der Waals surface area (Å²) in [5, 5.41) is 12.1. The molecule has 0 bridgehead atoms. The lowest BCUT2D eigenvalue weighted by atomic mass is 9.97. The number of hydrogen-bond donors (Lipinski definition) is 2. The van der Waals surface area contributed by atoms with Crippen LogP contribution in [0.3, 0.4) is 0 Å². The minimum absolute atomic E-state index is 0.135. The number of carbonyl (C=O) groups excluding carboxylic acids is 1. The van der Waals surface area contributed by atoms with Crippen LogP contribution in [0.2, 0.25) is 0 Å². The molecule has 2 aromatic rings. The van der Waals surface area contributed by atoms with Crippen LogP contribution in [0.15, 0.2) is 48.5 Å². The number of carbonyl (C=O) groups is 2. The first-order chi connectivity index (χ1) is 13.4. The van der Waals surface area contributed by atoms with E-state index in [-0.39, 0.29) is 11.8 Å². The molecule has 1 amide bonds. The molecule has 1 aliphatic heterocycles. The van der Waals surface area contributed by atoms with E-state index >= 15 is 0 Å². The van der Waals surface area contributed by atoms with Crippen LogP contribution in [0, 0.1) is 5.92 Å². The van der Waals surface area contributed by atoms with Gasteiger partial charge in [0, 0.05) is 37.6 Å². The molecule has 2 aromatic carbocycles. The molecular weight excluding hydrogens is 354 g/mol. The number of carboxylic acid groups (broad SMARTS) is 1. The van der Waals surface area contributed by atoms with Crippen LogP contribution in [-0.2, 0) is 11.3 Å². The van der Waals surface area contributed by atoms with Crippen molar-refractivity contribution in [1.29, 1.82) is 0 Å². The average Bonchev–Trinajstić information content (AvgIpc) is 2.68. The van der Waals surface area contributed by atoms with Gasteiger partial charge in [0.1, 0.15) is 0 Å². The van der Waals surface area contributed by atoms with E-state index in [1.165, 1.54) is 0 Å². The summed E-state index contributed by atoms with van der Waals surface area (Å²) in [6, 6.07) is 15.3. The number of amides is 1. The van der Waals surface area contributed by atoms with Gasteiger partial charge in [-0.3, -0.25) is 14.5 Å². The molecule has 6 nitrogen and oxygen atoms in total. The molecule has 148 valence electrons. The summed E-state index contributed by atoms with van der Waals surface area (Å²) in [5.41, 5.74) is 3.53. The van der Waals surface area contributed by atoms with Crippen molar-refractivity contribution >= 4 is 23.3 Å². The number of rotatable bonds is 6. The molecule has 0 spiro atoms. The van der Waals surface area contributed by atoms with E-state index in [9.17, 15) is 9.59 Å². The molecule has 6 heteroatoms. The Labute approximate surface area is 165 Å².